The summed E-state index contributed by atoms with van der Waals surface area (Å²) < 4.78 is 11.9. The van der Waals surface area contributed by atoms with Crippen LogP contribution >= 0.6 is 22.6 Å². The van der Waals surface area contributed by atoms with Gasteiger partial charge in [-0.25, -0.2) is 0 Å². The monoisotopic (exact) mass is 307 g/mol. The summed E-state index contributed by atoms with van der Waals surface area (Å²) in [6.45, 7) is 3.77. The maximum absolute atomic E-state index is 5.46. The Morgan fingerprint density at radius 3 is 3.00 bits per heavy atom. The molecule has 0 saturated carbocycles. The molecule has 2 unspecified atom stereocenters. The van der Waals surface area contributed by atoms with Crippen LogP contribution in [0.5, 0.6) is 0 Å². The van der Waals surface area contributed by atoms with Crippen LogP contribution in [-0.4, -0.2) is 18.8 Å². The summed E-state index contributed by atoms with van der Waals surface area (Å²) in [5.41, 5.74) is 0. The first-order valence-corrected chi connectivity index (χ1v) is 5.93. The van der Waals surface area contributed by atoms with Gasteiger partial charge in [0.05, 0.1) is 12.6 Å². The molecule has 0 aliphatic carbocycles. The molecule has 1 saturated heterocycles. The van der Waals surface area contributed by atoms with E-state index in [2.05, 4.69) is 34.8 Å². The molecule has 0 radical (unpaired) electrons. The molecule has 1 aliphatic heterocycles. The van der Waals surface area contributed by atoms with Crippen LogP contribution in [0.4, 0.5) is 0 Å². The Labute approximate surface area is 97.3 Å². The molecule has 3 nitrogen and oxygen atoms in total. The standard InChI is InChI=1S/C10H14INO2/c1-7-9(4-5-13-7)12-6-8-2-3-10(11)14-8/h2-3,7,9,12H,4-6H2,1H3. The fraction of sp³-hybridized carbons (Fsp3) is 0.600. The highest BCUT2D eigenvalue weighted by atomic mass is 127. The predicted molar refractivity (Wildman–Crippen MR) is 62.1 cm³/mol. The van der Waals surface area contributed by atoms with Crippen molar-refractivity contribution in [2.75, 3.05) is 6.61 Å². The third-order valence-corrected chi connectivity index (χ3v) is 3.12. The molecular weight excluding hydrogens is 293 g/mol. The third kappa shape index (κ3) is 2.49. The molecule has 0 amide bonds. The van der Waals surface area contributed by atoms with Crippen molar-refractivity contribution in [2.24, 2.45) is 0 Å². The first-order valence-electron chi connectivity index (χ1n) is 4.85. The predicted octanol–water partition coefficient (Wildman–Crippen LogP) is 2.15. The van der Waals surface area contributed by atoms with Gasteiger partial charge in [-0.05, 0) is 48.1 Å². The van der Waals surface area contributed by atoms with Crippen LogP contribution in [0.3, 0.4) is 0 Å². The minimum absolute atomic E-state index is 0.323. The highest BCUT2D eigenvalue weighted by Crippen LogP contribution is 2.14. The Kier molecular flexibility index (Phi) is 3.46. The van der Waals surface area contributed by atoms with Crippen molar-refractivity contribution in [3.05, 3.63) is 21.7 Å². The molecular formula is C10H14INO2. The minimum atomic E-state index is 0.323. The van der Waals surface area contributed by atoms with Crippen molar-refractivity contribution in [1.82, 2.24) is 5.32 Å². The van der Waals surface area contributed by atoms with Crippen molar-refractivity contribution in [2.45, 2.75) is 32.0 Å². The van der Waals surface area contributed by atoms with E-state index in [1.54, 1.807) is 0 Å². The highest BCUT2D eigenvalue weighted by Gasteiger charge is 2.23. The second-order valence-corrected chi connectivity index (χ2v) is 4.62. The molecule has 14 heavy (non-hydrogen) atoms. The summed E-state index contributed by atoms with van der Waals surface area (Å²) in [4.78, 5) is 0. The number of ether oxygens (including phenoxy) is 1. The van der Waals surface area contributed by atoms with Gasteiger partial charge in [-0.2, -0.15) is 0 Å². The number of hydrogen-bond donors (Lipinski definition) is 1. The quantitative estimate of drug-likeness (QED) is 0.869. The minimum Gasteiger partial charge on any atom is -0.454 e. The largest absolute Gasteiger partial charge is 0.454 e. The van der Waals surface area contributed by atoms with E-state index in [4.69, 9.17) is 9.15 Å². The molecule has 1 fully saturated rings. The van der Waals surface area contributed by atoms with Gasteiger partial charge in [-0.15, -0.1) is 0 Å². The molecule has 4 heteroatoms. The number of hydrogen-bond acceptors (Lipinski definition) is 3. The molecule has 78 valence electrons. The van der Waals surface area contributed by atoms with E-state index in [0.29, 0.717) is 12.1 Å². The van der Waals surface area contributed by atoms with Gasteiger partial charge in [0.2, 0.25) is 0 Å². The Balaban J connectivity index is 1.82. The third-order valence-electron chi connectivity index (χ3n) is 2.54. The van der Waals surface area contributed by atoms with E-state index in [9.17, 15) is 0 Å². The zero-order chi connectivity index (χ0) is 9.97. The van der Waals surface area contributed by atoms with Crippen LogP contribution in [-0.2, 0) is 11.3 Å². The van der Waals surface area contributed by atoms with E-state index >= 15 is 0 Å². The Morgan fingerprint density at radius 2 is 2.43 bits per heavy atom. The SMILES string of the molecule is CC1OCCC1NCc1ccc(I)o1. The fourth-order valence-electron chi connectivity index (χ4n) is 1.68. The lowest BCUT2D eigenvalue weighted by Gasteiger charge is -2.14. The molecule has 2 heterocycles. The van der Waals surface area contributed by atoms with E-state index in [-0.39, 0.29) is 0 Å². The second kappa shape index (κ2) is 4.63. The van der Waals surface area contributed by atoms with Gasteiger partial charge in [0, 0.05) is 12.6 Å². The average molecular weight is 307 g/mol. The number of furan rings is 1. The highest BCUT2D eigenvalue weighted by molar-refractivity contribution is 14.1. The average Bonchev–Trinajstić information content (AvgIpc) is 2.72. The van der Waals surface area contributed by atoms with Gasteiger partial charge >= 0.3 is 0 Å². The summed E-state index contributed by atoms with van der Waals surface area (Å²) in [5, 5.41) is 3.44. The van der Waals surface area contributed by atoms with Crippen LogP contribution in [0.1, 0.15) is 19.1 Å². The van der Waals surface area contributed by atoms with Gasteiger partial charge in [0.15, 0.2) is 3.77 Å². The summed E-state index contributed by atoms with van der Waals surface area (Å²) in [5.74, 6) is 0.994. The van der Waals surface area contributed by atoms with Crippen LogP contribution in [0.15, 0.2) is 16.5 Å². The zero-order valence-electron chi connectivity index (χ0n) is 8.13. The van der Waals surface area contributed by atoms with Crippen LogP contribution in [0, 0.1) is 3.77 Å². The van der Waals surface area contributed by atoms with Gasteiger partial charge in [0.25, 0.3) is 0 Å². The Morgan fingerprint density at radius 1 is 1.57 bits per heavy atom. The summed E-state index contributed by atoms with van der Waals surface area (Å²) in [6, 6.07) is 4.46. The van der Waals surface area contributed by atoms with Crippen LogP contribution < -0.4 is 5.32 Å². The molecule has 2 atom stereocenters. The number of halogens is 1. The maximum atomic E-state index is 5.46. The van der Waals surface area contributed by atoms with Gasteiger partial charge < -0.3 is 14.5 Å². The number of rotatable bonds is 3. The molecule has 0 bridgehead atoms. The zero-order valence-corrected chi connectivity index (χ0v) is 10.3. The van der Waals surface area contributed by atoms with Crippen molar-refractivity contribution in [1.29, 1.82) is 0 Å². The Bertz CT molecular complexity index is 300. The lowest BCUT2D eigenvalue weighted by Crippen LogP contribution is -2.33. The van der Waals surface area contributed by atoms with Crippen LogP contribution in [0.2, 0.25) is 0 Å². The van der Waals surface area contributed by atoms with Crippen molar-refractivity contribution >= 4 is 22.6 Å². The second-order valence-electron chi connectivity index (χ2n) is 3.56. The molecule has 1 aromatic rings. The summed E-state index contributed by atoms with van der Waals surface area (Å²) >= 11 is 2.17. The molecule has 0 aromatic carbocycles. The first kappa shape index (κ1) is 10.4. The van der Waals surface area contributed by atoms with Crippen molar-refractivity contribution < 1.29 is 9.15 Å². The number of nitrogens with one attached hydrogen (secondary N) is 1. The first-order chi connectivity index (χ1) is 6.75. The molecule has 0 spiro atoms. The van der Waals surface area contributed by atoms with Crippen molar-refractivity contribution in [3.8, 4) is 0 Å². The maximum Gasteiger partial charge on any atom is 0.164 e. The van der Waals surface area contributed by atoms with E-state index in [1.807, 2.05) is 12.1 Å². The smallest absolute Gasteiger partial charge is 0.164 e. The molecule has 1 aliphatic rings. The normalized spacial score (nSPS) is 27.0. The van der Waals surface area contributed by atoms with E-state index in [0.717, 1.165) is 29.1 Å². The molecule has 2 rings (SSSR count). The Hall–Kier alpha value is -0.0700. The molecule has 1 aromatic heterocycles. The van der Waals surface area contributed by atoms with Gasteiger partial charge in [-0.1, -0.05) is 0 Å². The van der Waals surface area contributed by atoms with Gasteiger partial charge in [-0.3, -0.25) is 0 Å². The van der Waals surface area contributed by atoms with Crippen molar-refractivity contribution in [3.63, 3.8) is 0 Å². The van der Waals surface area contributed by atoms with E-state index < -0.39 is 0 Å². The molecule has 1 N–H and O–H groups in total. The fourth-order valence-corrected chi connectivity index (χ4v) is 2.14. The van der Waals surface area contributed by atoms with Gasteiger partial charge in [0.1, 0.15) is 5.76 Å². The van der Waals surface area contributed by atoms with Crippen LogP contribution in [0.25, 0.3) is 0 Å². The van der Waals surface area contributed by atoms with E-state index in [1.165, 1.54) is 0 Å². The topological polar surface area (TPSA) is 34.4 Å². The summed E-state index contributed by atoms with van der Waals surface area (Å²) in [7, 11) is 0. The lowest BCUT2D eigenvalue weighted by molar-refractivity contribution is 0.112. The lowest BCUT2D eigenvalue weighted by atomic mass is 10.1. The summed E-state index contributed by atoms with van der Waals surface area (Å²) in [6.07, 6.45) is 1.42.